The molecular weight excluding hydrogens is 323 g/mol. The van der Waals surface area contributed by atoms with Gasteiger partial charge in [0.2, 0.25) is 5.91 Å². The molecule has 0 spiro atoms. The molecule has 7 heteroatoms. The van der Waals surface area contributed by atoms with Crippen LogP contribution in [0, 0.1) is 10.8 Å². The van der Waals surface area contributed by atoms with E-state index in [0.717, 1.165) is 10.5 Å². The van der Waals surface area contributed by atoms with Crippen LogP contribution in [0.3, 0.4) is 0 Å². The smallest absolute Gasteiger partial charge is 0.406 e. The van der Waals surface area contributed by atoms with Gasteiger partial charge in [0, 0.05) is 13.1 Å². The van der Waals surface area contributed by atoms with E-state index in [1.807, 2.05) is 30.3 Å². The van der Waals surface area contributed by atoms with Gasteiger partial charge in [0.25, 0.3) is 0 Å². The number of carbonyl (C=O) groups excluding carboxylic acids is 1. The summed E-state index contributed by atoms with van der Waals surface area (Å²) in [5.41, 5.74) is -2.55. The van der Waals surface area contributed by atoms with Crippen LogP contribution in [-0.2, 0) is 16.0 Å². The number of benzene rings is 1. The highest BCUT2D eigenvalue weighted by Crippen LogP contribution is 2.52. The summed E-state index contributed by atoms with van der Waals surface area (Å²) < 4.78 is 39.7. The molecule has 24 heavy (non-hydrogen) atoms. The number of hydrogen-bond donors (Lipinski definition) is 1. The van der Waals surface area contributed by atoms with Crippen LogP contribution in [0.25, 0.3) is 0 Å². The van der Waals surface area contributed by atoms with Crippen LogP contribution in [0.4, 0.5) is 13.2 Å². The second kappa shape index (κ2) is 5.50. The third-order valence-electron chi connectivity index (χ3n) is 5.20. The molecule has 1 saturated carbocycles. The van der Waals surface area contributed by atoms with Crippen molar-refractivity contribution in [2.75, 3.05) is 13.1 Å². The maximum Gasteiger partial charge on any atom is 0.406 e. The zero-order valence-electron chi connectivity index (χ0n) is 13.0. The topological polar surface area (TPSA) is 57.6 Å². The summed E-state index contributed by atoms with van der Waals surface area (Å²) >= 11 is 0. The number of halogens is 3. The average molecular weight is 341 g/mol. The molecule has 0 bridgehead atoms. The molecule has 1 aromatic carbocycles. The van der Waals surface area contributed by atoms with Crippen molar-refractivity contribution in [1.82, 2.24) is 4.90 Å². The van der Waals surface area contributed by atoms with E-state index >= 15 is 0 Å². The third kappa shape index (κ3) is 2.65. The van der Waals surface area contributed by atoms with Crippen LogP contribution >= 0.6 is 0 Å². The molecule has 1 saturated heterocycles. The number of amides is 1. The summed E-state index contributed by atoms with van der Waals surface area (Å²) in [6.07, 6.45) is -3.72. The lowest BCUT2D eigenvalue weighted by atomic mass is 9.86. The Labute approximate surface area is 137 Å². The predicted octanol–water partition coefficient (Wildman–Crippen LogP) is 2.87. The molecule has 2 aliphatic rings. The van der Waals surface area contributed by atoms with Crippen molar-refractivity contribution in [1.29, 1.82) is 0 Å². The largest absolute Gasteiger partial charge is 0.481 e. The molecule has 1 amide bonds. The van der Waals surface area contributed by atoms with Gasteiger partial charge in [-0.05, 0) is 31.2 Å². The summed E-state index contributed by atoms with van der Waals surface area (Å²) in [6.45, 7) is -0.956. The maximum atomic E-state index is 13.2. The Morgan fingerprint density at radius 1 is 1.12 bits per heavy atom. The van der Waals surface area contributed by atoms with Crippen molar-refractivity contribution in [2.45, 2.75) is 31.9 Å². The first-order chi connectivity index (χ1) is 11.2. The van der Waals surface area contributed by atoms with E-state index in [2.05, 4.69) is 0 Å². The lowest BCUT2D eigenvalue weighted by molar-refractivity contribution is -0.227. The average Bonchev–Trinajstić information content (AvgIpc) is 3.13. The van der Waals surface area contributed by atoms with E-state index in [9.17, 15) is 22.8 Å². The van der Waals surface area contributed by atoms with E-state index in [1.54, 1.807) is 0 Å². The van der Waals surface area contributed by atoms with Gasteiger partial charge < -0.3 is 10.0 Å². The van der Waals surface area contributed by atoms with Crippen LogP contribution in [0.2, 0.25) is 0 Å². The first-order valence-corrected chi connectivity index (χ1v) is 7.84. The zero-order valence-corrected chi connectivity index (χ0v) is 13.0. The number of alkyl halides is 3. The van der Waals surface area contributed by atoms with Crippen molar-refractivity contribution in [2.24, 2.45) is 10.8 Å². The molecule has 0 aromatic heterocycles. The van der Waals surface area contributed by atoms with Gasteiger partial charge in [0.15, 0.2) is 5.41 Å². The highest BCUT2D eigenvalue weighted by Gasteiger charge is 2.65. The fourth-order valence-electron chi connectivity index (χ4n) is 3.45. The summed E-state index contributed by atoms with van der Waals surface area (Å²) in [7, 11) is 0. The number of hydrogen-bond acceptors (Lipinski definition) is 2. The Morgan fingerprint density at radius 3 is 2.21 bits per heavy atom. The maximum absolute atomic E-state index is 13.2. The van der Waals surface area contributed by atoms with E-state index in [0.29, 0.717) is 19.3 Å². The fraction of sp³-hybridized carbons (Fsp3) is 0.529. The SMILES string of the molecule is O=C(N1CCC(C(=O)O)(C(F)(F)F)C1)C1(Cc2ccccc2)CC1. The first kappa shape index (κ1) is 16.8. The van der Waals surface area contributed by atoms with Crippen molar-refractivity contribution < 1.29 is 27.9 Å². The third-order valence-corrected chi connectivity index (χ3v) is 5.20. The zero-order chi connectivity index (χ0) is 17.6. The molecule has 1 unspecified atom stereocenters. The molecule has 0 radical (unpaired) electrons. The van der Waals surface area contributed by atoms with Gasteiger partial charge in [-0.15, -0.1) is 0 Å². The lowest BCUT2D eigenvalue weighted by Crippen LogP contribution is -2.48. The Bertz CT molecular complexity index is 655. The molecule has 1 aliphatic heterocycles. The second-order valence-electron chi connectivity index (χ2n) is 6.80. The quantitative estimate of drug-likeness (QED) is 0.916. The van der Waals surface area contributed by atoms with E-state index in [1.165, 1.54) is 0 Å². The Hall–Kier alpha value is -2.05. The number of carboxylic acid groups (broad SMARTS) is 1. The van der Waals surface area contributed by atoms with Crippen LogP contribution in [0.1, 0.15) is 24.8 Å². The number of carboxylic acids is 1. The summed E-state index contributed by atoms with van der Waals surface area (Å²) in [6, 6.07) is 9.33. The molecule has 1 aliphatic carbocycles. The van der Waals surface area contributed by atoms with Crippen molar-refractivity contribution in [3.63, 3.8) is 0 Å². The monoisotopic (exact) mass is 341 g/mol. The Kier molecular flexibility index (Phi) is 3.85. The van der Waals surface area contributed by atoms with Gasteiger partial charge >= 0.3 is 12.1 Å². The van der Waals surface area contributed by atoms with Crippen molar-refractivity contribution >= 4 is 11.9 Å². The van der Waals surface area contributed by atoms with Gasteiger partial charge in [0.05, 0.1) is 5.41 Å². The molecule has 130 valence electrons. The molecule has 1 aromatic rings. The number of likely N-dealkylation sites (tertiary alicyclic amines) is 1. The van der Waals surface area contributed by atoms with Crippen LogP contribution in [0.5, 0.6) is 0 Å². The molecular formula is C17H18F3NO3. The van der Waals surface area contributed by atoms with E-state index in [4.69, 9.17) is 5.11 Å². The van der Waals surface area contributed by atoms with Crippen LogP contribution < -0.4 is 0 Å². The molecule has 1 heterocycles. The summed E-state index contributed by atoms with van der Waals surface area (Å²) in [4.78, 5) is 25.1. The van der Waals surface area contributed by atoms with Gasteiger partial charge in [-0.2, -0.15) is 13.2 Å². The van der Waals surface area contributed by atoms with Crippen LogP contribution in [-0.4, -0.2) is 41.1 Å². The van der Waals surface area contributed by atoms with E-state index < -0.39 is 35.9 Å². The minimum atomic E-state index is -4.87. The molecule has 4 nitrogen and oxygen atoms in total. The predicted molar refractivity (Wildman–Crippen MR) is 79.1 cm³/mol. The van der Waals surface area contributed by atoms with Gasteiger partial charge in [-0.25, -0.2) is 0 Å². The number of rotatable bonds is 4. The number of carbonyl (C=O) groups is 2. The Morgan fingerprint density at radius 2 is 1.75 bits per heavy atom. The Balaban J connectivity index is 1.76. The summed E-state index contributed by atoms with van der Waals surface area (Å²) in [5, 5.41) is 9.09. The fourth-order valence-corrected chi connectivity index (χ4v) is 3.45. The molecule has 3 rings (SSSR count). The highest BCUT2D eigenvalue weighted by atomic mass is 19.4. The lowest BCUT2D eigenvalue weighted by Gasteiger charge is -2.28. The molecule has 1 atom stereocenters. The standard InChI is InChI=1S/C17H18F3NO3/c18-17(19,20)16(14(23)24)8-9-21(11-16)13(22)15(6-7-15)10-12-4-2-1-3-5-12/h1-5H,6-11H2,(H,23,24). The summed E-state index contributed by atoms with van der Waals surface area (Å²) in [5.74, 6) is -2.25. The van der Waals surface area contributed by atoms with Gasteiger partial charge in [-0.3, -0.25) is 9.59 Å². The van der Waals surface area contributed by atoms with Crippen LogP contribution in [0.15, 0.2) is 30.3 Å². The van der Waals surface area contributed by atoms with Crippen molar-refractivity contribution in [3.8, 4) is 0 Å². The molecule has 1 N–H and O–H groups in total. The minimum absolute atomic E-state index is 0.165. The van der Waals surface area contributed by atoms with Gasteiger partial charge in [0.1, 0.15) is 0 Å². The van der Waals surface area contributed by atoms with Crippen molar-refractivity contribution in [3.05, 3.63) is 35.9 Å². The number of aliphatic carboxylic acids is 1. The normalized spacial score (nSPS) is 25.5. The highest BCUT2D eigenvalue weighted by molar-refractivity contribution is 5.87. The minimum Gasteiger partial charge on any atom is -0.481 e. The number of nitrogens with zero attached hydrogens (tertiary/aromatic N) is 1. The molecule has 2 fully saturated rings. The van der Waals surface area contributed by atoms with Gasteiger partial charge in [-0.1, -0.05) is 30.3 Å². The second-order valence-corrected chi connectivity index (χ2v) is 6.80. The van der Waals surface area contributed by atoms with E-state index in [-0.39, 0.29) is 12.5 Å². The first-order valence-electron chi connectivity index (χ1n) is 7.84.